The summed E-state index contributed by atoms with van der Waals surface area (Å²) in [5, 5.41) is 0. The lowest BCUT2D eigenvalue weighted by molar-refractivity contribution is -0.141. The first-order valence-corrected chi connectivity index (χ1v) is 15.2. The van der Waals surface area contributed by atoms with Crippen LogP contribution in [0.2, 0.25) is 0 Å². The molecular formula is C27H33N3O7S2. The molecule has 0 aliphatic carbocycles. The molecule has 0 spiro atoms. The summed E-state index contributed by atoms with van der Waals surface area (Å²) in [6.07, 6.45) is 3.34. The van der Waals surface area contributed by atoms with Crippen molar-refractivity contribution in [3.63, 3.8) is 0 Å². The predicted octanol–water partition coefficient (Wildman–Crippen LogP) is 3.98. The Labute approximate surface area is 231 Å². The van der Waals surface area contributed by atoms with E-state index < -0.39 is 21.9 Å². The highest BCUT2D eigenvalue weighted by molar-refractivity contribution is 7.89. The molecule has 2 aromatic carbocycles. The Bertz CT molecular complexity index is 1500. The molecule has 0 fully saturated rings. The van der Waals surface area contributed by atoms with E-state index >= 15 is 0 Å². The molecule has 4 rings (SSSR count). The fraction of sp³-hybridized carbons (Fsp3) is 0.444. The molecule has 0 N–H and O–H groups in total. The number of unbranched alkanes of at least 4 members (excludes halogenated alkanes) is 2. The zero-order valence-corrected chi connectivity index (χ0v) is 24.0. The first kappa shape index (κ1) is 28.8. The Morgan fingerprint density at radius 2 is 1.64 bits per heavy atom. The van der Waals surface area contributed by atoms with Gasteiger partial charge in [-0.2, -0.15) is 9.30 Å². The van der Waals surface area contributed by atoms with Crippen LogP contribution in [0.25, 0.3) is 10.2 Å². The number of hydrogen-bond acceptors (Lipinski definition) is 8. The monoisotopic (exact) mass is 575 g/mol. The Morgan fingerprint density at radius 1 is 1.03 bits per heavy atom. The minimum atomic E-state index is -3.68. The van der Waals surface area contributed by atoms with E-state index in [2.05, 4.69) is 4.99 Å². The molecule has 1 aliphatic rings. The van der Waals surface area contributed by atoms with Gasteiger partial charge in [-0.3, -0.25) is 9.59 Å². The summed E-state index contributed by atoms with van der Waals surface area (Å²) in [7, 11) is -2.39. The number of carbonyl (C=O) groups is 2. The Hall–Kier alpha value is -3.22. The number of benzene rings is 2. The van der Waals surface area contributed by atoms with Gasteiger partial charge in [0.2, 0.25) is 10.0 Å². The van der Waals surface area contributed by atoms with Crippen LogP contribution in [0.5, 0.6) is 11.5 Å². The largest absolute Gasteiger partial charge is 0.486 e. The van der Waals surface area contributed by atoms with Crippen molar-refractivity contribution in [2.45, 2.75) is 51.0 Å². The van der Waals surface area contributed by atoms with Crippen LogP contribution in [0.4, 0.5) is 0 Å². The van der Waals surface area contributed by atoms with Crippen molar-refractivity contribution in [2.24, 2.45) is 4.99 Å². The van der Waals surface area contributed by atoms with Gasteiger partial charge in [0.1, 0.15) is 19.8 Å². The van der Waals surface area contributed by atoms with Crippen molar-refractivity contribution in [3.05, 3.63) is 46.8 Å². The van der Waals surface area contributed by atoms with Gasteiger partial charge in [0.05, 0.1) is 22.2 Å². The molecule has 1 aromatic heterocycles. The maximum Gasteiger partial charge on any atom is 0.325 e. The summed E-state index contributed by atoms with van der Waals surface area (Å²) in [6.45, 7) is 5.66. The van der Waals surface area contributed by atoms with Gasteiger partial charge >= 0.3 is 5.97 Å². The standard InChI is InChI=1S/C27H33N3O7S2/c1-4-6-12-29(13-7-5-2)39(33,34)20-10-8-19(9-11-20)26(32)28-27-30(18-25(31)35-3)21-16-22-23(17-24(21)38-27)37-15-14-36-22/h8-11,16-17H,4-7,12-15,18H2,1-3H3. The normalized spacial score (nSPS) is 13.7. The van der Waals surface area contributed by atoms with Crippen LogP contribution in [-0.4, -0.2) is 62.6 Å². The van der Waals surface area contributed by atoms with Crippen molar-refractivity contribution in [1.82, 2.24) is 8.87 Å². The summed E-state index contributed by atoms with van der Waals surface area (Å²) in [5.41, 5.74) is 0.887. The van der Waals surface area contributed by atoms with Gasteiger partial charge in [0, 0.05) is 30.8 Å². The number of aromatic nitrogens is 1. The highest BCUT2D eigenvalue weighted by Gasteiger charge is 2.24. The van der Waals surface area contributed by atoms with E-state index in [4.69, 9.17) is 14.2 Å². The zero-order chi connectivity index (χ0) is 28.0. The molecule has 0 atom stereocenters. The van der Waals surface area contributed by atoms with Crippen LogP contribution >= 0.6 is 11.3 Å². The molecule has 1 amide bonds. The van der Waals surface area contributed by atoms with E-state index in [1.54, 1.807) is 16.7 Å². The minimum absolute atomic E-state index is 0.138. The summed E-state index contributed by atoms with van der Waals surface area (Å²) >= 11 is 1.23. The summed E-state index contributed by atoms with van der Waals surface area (Å²) in [4.78, 5) is 30.0. The molecule has 0 radical (unpaired) electrons. The van der Waals surface area contributed by atoms with Crippen LogP contribution in [0, 0.1) is 0 Å². The van der Waals surface area contributed by atoms with E-state index in [0.717, 1.165) is 30.4 Å². The molecule has 0 bridgehead atoms. The Balaban J connectivity index is 1.67. The lowest BCUT2D eigenvalue weighted by Crippen LogP contribution is -2.33. The number of thiazole rings is 1. The minimum Gasteiger partial charge on any atom is -0.486 e. The van der Waals surface area contributed by atoms with Gasteiger partial charge < -0.3 is 18.8 Å². The molecule has 39 heavy (non-hydrogen) atoms. The molecule has 210 valence electrons. The van der Waals surface area contributed by atoms with E-state index in [9.17, 15) is 18.0 Å². The van der Waals surface area contributed by atoms with Gasteiger partial charge in [-0.15, -0.1) is 0 Å². The number of ether oxygens (including phenoxy) is 3. The number of fused-ring (bicyclic) bond motifs is 2. The zero-order valence-electron chi connectivity index (χ0n) is 22.3. The first-order chi connectivity index (χ1) is 18.8. The third-order valence-electron chi connectivity index (χ3n) is 6.32. The molecular weight excluding hydrogens is 542 g/mol. The van der Waals surface area contributed by atoms with Gasteiger partial charge in [-0.05, 0) is 37.1 Å². The molecule has 1 aliphatic heterocycles. The van der Waals surface area contributed by atoms with Gasteiger partial charge in [-0.1, -0.05) is 38.0 Å². The average molecular weight is 576 g/mol. The molecule has 2 heterocycles. The van der Waals surface area contributed by atoms with Crippen LogP contribution in [-0.2, 0) is 26.1 Å². The number of nitrogens with zero attached hydrogens (tertiary/aromatic N) is 3. The third-order valence-corrected chi connectivity index (χ3v) is 9.27. The highest BCUT2D eigenvalue weighted by Crippen LogP contribution is 2.35. The summed E-state index contributed by atoms with van der Waals surface area (Å²) in [5.74, 6) is 0.0764. The van der Waals surface area contributed by atoms with E-state index in [1.165, 1.54) is 47.0 Å². The Morgan fingerprint density at radius 3 is 2.23 bits per heavy atom. The van der Waals surface area contributed by atoms with E-state index in [0.29, 0.717) is 48.1 Å². The second kappa shape index (κ2) is 12.8. The van der Waals surface area contributed by atoms with Gasteiger partial charge in [-0.25, -0.2) is 8.42 Å². The number of carbonyl (C=O) groups excluding carboxylic acids is 2. The molecule has 10 nitrogen and oxygen atoms in total. The lowest BCUT2D eigenvalue weighted by Gasteiger charge is -2.22. The maximum atomic E-state index is 13.3. The highest BCUT2D eigenvalue weighted by atomic mass is 32.2. The number of methoxy groups -OCH3 is 1. The van der Waals surface area contributed by atoms with Crippen molar-refractivity contribution in [3.8, 4) is 11.5 Å². The van der Waals surface area contributed by atoms with Crippen LogP contribution in [0.15, 0.2) is 46.3 Å². The molecule has 0 saturated heterocycles. The second-order valence-corrected chi connectivity index (χ2v) is 12.0. The number of hydrogen-bond donors (Lipinski definition) is 0. The van der Waals surface area contributed by atoms with Crippen molar-refractivity contribution in [1.29, 1.82) is 0 Å². The number of rotatable bonds is 11. The third kappa shape index (κ3) is 6.51. The van der Waals surface area contributed by atoms with Crippen molar-refractivity contribution < 1.29 is 32.2 Å². The van der Waals surface area contributed by atoms with Crippen LogP contribution in [0.3, 0.4) is 0 Å². The quantitative estimate of drug-likeness (QED) is 0.318. The van der Waals surface area contributed by atoms with Crippen molar-refractivity contribution in [2.75, 3.05) is 33.4 Å². The average Bonchev–Trinajstić information content (AvgIpc) is 3.26. The lowest BCUT2D eigenvalue weighted by atomic mass is 10.2. The second-order valence-electron chi connectivity index (χ2n) is 9.06. The number of amides is 1. The van der Waals surface area contributed by atoms with Gasteiger partial charge in [0.15, 0.2) is 16.3 Å². The predicted molar refractivity (Wildman–Crippen MR) is 148 cm³/mol. The molecule has 3 aromatic rings. The molecule has 0 saturated carbocycles. The van der Waals surface area contributed by atoms with Crippen LogP contribution in [0.1, 0.15) is 49.9 Å². The first-order valence-electron chi connectivity index (χ1n) is 13.0. The Kier molecular flexibility index (Phi) is 9.41. The summed E-state index contributed by atoms with van der Waals surface area (Å²) < 4.78 is 46.6. The smallest absolute Gasteiger partial charge is 0.325 e. The molecule has 0 unspecified atom stereocenters. The fourth-order valence-electron chi connectivity index (χ4n) is 4.13. The fourth-order valence-corrected chi connectivity index (χ4v) is 6.68. The van der Waals surface area contributed by atoms with Crippen molar-refractivity contribution >= 4 is 43.5 Å². The summed E-state index contributed by atoms with van der Waals surface area (Å²) in [6, 6.07) is 9.38. The number of sulfonamides is 1. The topological polar surface area (TPSA) is 117 Å². The van der Waals surface area contributed by atoms with E-state index in [-0.39, 0.29) is 17.0 Å². The van der Waals surface area contributed by atoms with Gasteiger partial charge in [0.25, 0.3) is 5.91 Å². The maximum absolute atomic E-state index is 13.3. The van der Waals surface area contributed by atoms with E-state index in [1.807, 2.05) is 13.8 Å². The number of esters is 1. The SMILES string of the molecule is CCCCN(CCCC)S(=O)(=O)c1ccc(C(=O)N=c2sc3cc4c(cc3n2CC(=O)OC)OCCO4)cc1. The van der Waals surface area contributed by atoms with Crippen LogP contribution < -0.4 is 14.3 Å². The molecule has 12 heteroatoms.